The van der Waals surface area contributed by atoms with Gasteiger partial charge >= 0.3 is 5.97 Å². The van der Waals surface area contributed by atoms with Gasteiger partial charge in [0.25, 0.3) is 0 Å². The van der Waals surface area contributed by atoms with Crippen molar-refractivity contribution in [3.05, 3.63) is 0 Å². The van der Waals surface area contributed by atoms with Crippen molar-refractivity contribution in [1.29, 1.82) is 0 Å². The lowest BCUT2D eigenvalue weighted by Gasteiger charge is -2.20. The predicted molar refractivity (Wildman–Crippen MR) is 65.8 cm³/mol. The fourth-order valence-electron chi connectivity index (χ4n) is 3.26. The molecule has 2 N–H and O–H groups in total. The molecule has 2 atom stereocenters. The molecule has 3 saturated carbocycles. The summed E-state index contributed by atoms with van der Waals surface area (Å²) in [6, 6.07) is 0.390. The number of nitrogens with one attached hydrogen (secondary N) is 1. The van der Waals surface area contributed by atoms with E-state index < -0.39 is 5.97 Å². The van der Waals surface area contributed by atoms with E-state index in [0.29, 0.717) is 30.7 Å². The molecule has 0 saturated heterocycles. The zero-order chi connectivity index (χ0) is 12.7. The third-order valence-corrected chi connectivity index (χ3v) is 4.72. The van der Waals surface area contributed by atoms with Gasteiger partial charge in [0, 0.05) is 12.0 Å². The van der Waals surface area contributed by atoms with E-state index in [1.54, 1.807) is 0 Å². The number of amides is 1. The smallest absolute Gasteiger partial charge is 0.306 e. The van der Waals surface area contributed by atoms with Crippen molar-refractivity contribution in [2.75, 3.05) is 0 Å². The fourth-order valence-corrected chi connectivity index (χ4v) is 3.26. The highest BCUT2D eigenvalue weighted by Crippen LogP contribution is 2.45. The van der Waals surface area contributed by atoms with Crippen LogP contribution in [-0.2, 0) is 9.59 Å². The summed E-state index contributed by atoms with van der Waals surface area (Å²) in [4.78, 5) is 23.1. The monoisotopic (exact) mass is 251 g/mol. The van der Waals surface area contributed by atoms with E-state index >= 15 is 0 Å². The molecule has 18 heavy (non-hydrogen) atoms. The molecule has 0 aromatic heterocycles. The van der Waals surface area contributed by atoms with Crippen LogP contribution in [0.3, 0.4) is 0 Å². The summed E-state index contributed by atoms with van der Waals surface area (Å²) in [5.41, 5.74) is 0. The molecule has 0 aromatic rings. The van der Waals surface area contributed by atoms with Crippen LogP contribution in [0.4, 0.5) is 0 Å². The first kappa shape index (κ1) is 12.0. The third-order valence-electron chi connectivity index (χ3n) is 4.72. The molecule has 1 amide bonds. The molecule has 4 heteroatoms. The minimum Gasteiger partial charge on any atom is -0.481 e. The van der Waals surface area contributed by atoms with Crippen LogP contribution >= 0.6 is 0 Å². The first-order valence-corrected chi connectivity index (χ1v) is 7.18. The number of aliphatic carboxylic acids is 1. The molecule has 0 aromatic carbocycles. The molecule has 3 aliphatic carbocycles. The van der Waals surface area contributed by atoms with Crippen molar-refractivity contribution in [2.45, 2.75) is 51.0 Å². The van der Waals surface area contributed by atoms with Gasteiger partial charge in [-0.2, -0.15) is 0 Å². The van der Waals surface area contributed by atoms with Gasteiger partial charge in [-0.25, -0.2) is 0 Å². The van der Waals surface area contributed by atoms with Gasteiger partial charge in [-0.1, -0.05) is 0 Å². The third kappa shape index (κ3) is 2.52. The molecule has 100 valence electrons. The second-order valence-corrected chi connectivity index (χ2v) is 6.25. The van der Waals surface area contributed by atoms with Crippen molar-refractivity contribution >= 4 is 11.9 Å². The van der Waals surface area contributed by atoms with E-state index in [-0.39, 0.29) is 17.7 Å². The van der Waals surface area contributed by atoms with Crippen molar-refractivity contribution in [2.24, 2.45) is 23.7 Å². The van der Waals surface area contributed by atoms with Crippen LogP contribution in [0.25, 0.3) is 0 Å². The fraction of sp³-hybridized carbons (Fsp3) is 0.857. The number of carboxylic acid groups (broad SMARTS) is 1. The number of carboxylic acids is 1. The first-order valence-electron chi connectivity index (χ1n) is 7.18. The number of hydrogen-bond acceptors (Lipinski definition) is 2. The maximum Gasteiger partial charge on any atom is 0.306 e. The van der Waals surface area contributed by atoms with Gasteiger partial charge in [-0.3, -0.25) is 9.59 Å². The molecular weight excluding hydrogens is 230 g/mol. The van der Waals surface area contributed by atoms with E-state index in [1.165, 1.54) is 25.7 Å². The van der Waals surface area contributed by atoms with Gasteiger partial charge in [0.05, 0.1) is 5.92 Å². The Balaban J connectivity index is 1.53. The quantitative estimate of drug-likeness (QED) is 0.783. The Morgan fingerprint density at radius 3 is 1.94 bits per heavy atom. The summed E-state index contributed by atoms with van der Waals surface area (Å²) in [7, 11) is 0. The highest BCUT2D eigenvalue weighted by molar-refractivity contribution is 5.81. The molecule has 3 aliphatic rings. The van der Waals surface area contributed by atoms with Crippen LogP contribution in [0.5, 0.6) is 0 Å². The largest absolute Gasteiger partial charge is 0.481 e. The predicted octanol–water partition coefficient (Wildman–Crippen LogP) is 1.79. The van der Waals surface area contributed by atoms with E-state index in [9.17, 15) is 9.59 Å². The summed E-state index contributed by atoms with van der Waals surface area (Å²) >= 11 is 0. The molecule has 0 unspecified atom stereocenters. The summed E-state index contributed by atoms with van der Waals surface area (Å²) in [5, 5.41) is 12.2. The van der Waals surface area contributed by atoms with Gasteiger partial charge in [-0.15, -0.1) is 0 Å². The van der Waals surface area contributed by atoms with Crippen LogP contribution in [0, 0.1) is 23.7 Å². The van der Waals surface area contributed by atoms with Crippen LogP contribution in [0.1, 0.15) is 44.9 Å². The van der Waals surface area contributed by atoms with Gasteiger partial charge in [-0.05, 0) is 56.8 Å². The molecule has 0 bridgehead atoms. The topological polar surface area (TPSA) is 66.4 Å². The van der Waals surface area contributed by atoms with Crippen molar-refractivity contribution in [3.63, 3.8) is 0 Å². The Kier molecular flexibility index (Phi) is 3.04. The van der Waals surface area contributed by atoms with Gasteiger partial charge in [0.15, 0.2) is 0 Å². The average Bonchev–Trinajstić information content (AvgIpc) is 3.24. The van der Waals surface area contributed by atoms with Crippen molar-refractivity contribution < 1.29 is 14.7 Å². The van der Waals surface area contributed by atoms with Gasteiger partial charge < -0.3 is 10.4 Å². The number of carbonyl (C=O) groups excluding carboxylic acids is 1. The van der Waals surface area contributed by atoms with E-state index in [1.807, 2.05) is 0 Å². The Bertz CT molecular complexity index is 348. The van der Waals surface area contributed by atoms with Crippen molar-refractivity contribution in [3.8, 4) is 0 Å². The van der Waals surface area contributed by atoms with Crippen molar-refractivity contribution in [1.82, 2.24) is 5.32 Å². The molecule has 4 nitrogen and oxygen atoms in total. The Morgan fingerprint density at radius 1 is 0.944 bits per heavy atom. The van der Waals surface area contributed by atoms with Crippen LogP contribution in [0.2, 0.25) is 0 Å². The zero-order valence-electron chi connectivity index (χ0n) is 10.6. The molecule has 0 heterocycles. The van der Waals surface area contributed by atoms with Crippen LogP contribution in [0.15, 0.2) is 0 Å². The lowest BCUT2D eigenvalue weighted by atomic mass is 10.0. The number of carbonyl (C=O) groups is 2. The second kappa shape index (κ2) is 4.56. The Labute approximate surface area is 107 Å². The zero-order valence-corrected chi connectivity index (χ0v) is 10.6. The summed E-state index contributed by atoms with van der Waals surface area (Å²) in [6.07, 6.45) is 6.94. The van der Waals surface area contributed by atoms with Gasteiger partial charge in [0.2, 0.25) is 5.91 Å². The van der Waals surface area contributed by atoms with Gasteiger partial charge in [0.1, 0.15) is 0 Å². The molecule has 0 spiro atoms. The molecule has 3 fully saturated rings. The second-order valence-electron chi connectivity index (χ2n) is 6.25. The summed E-state index contributed by atoms with van der Waals surface area (Å²) in [5.74, 6) is 0.414. The van der Waals surface area contributed by atoms with Crippen LogP contribution in [-0.4, -0.2) is 23.0 Å². The number of hydrogen-bond donors (Lipinski definition) is 2. The average molecular weight is 251 g/mol. The standard InChI is InChI=1S/C14H21NO3/c16-13(10-5-6-11(7-10)14(17)18)15-12(8-1-2-8)9-3-4-9/h8-12H,1-7H2,(H,15,16)(H,17,18)/t10-,11+/m0/s1. The summed E-state index contributed by atoms with van der Waals surface area (Å²) in [6.45, 7) is 0. The highest BCUT2D eigenvalue weighted by Gasteiger charge is 2.43. The lowest BCUT2D eigenvalue weighted by molar-refractivity contribution is -0.141. The first-order chi connectivity index (χ1) is 8.65. The Morgan fingerprint density at radius 2 is 1.50 bits per heavy atom. The van der Waals surface area contributed by atoms with E-state index in [2.05, 4.69) is 5.32 Å². The lowest BCUT2D eigenvalue weighted by Crippen LogP contribution is -2.41. The van der Waals surface area contributed by atoms with E-state index in [4.69, 9.17) is 5.11 Å². The Hall–Kier alpha value is -1.06. The minimum absolute atomic E-state index is 0.0638. The molecule has 3 rings (SSSR count). The minimum atomic E-state index is -0.744. The highest BCUT2D eigenvalue weighted by atomic mass is 16.4. The van der Waals surface area contributed by atoms with Crippen LogP contribution < -0.4 is 5.32 Å². The molecule has 0 aliphatic heterocycles. The maximum absolute atomic E-state index is 12.2. The number of rotatable bonds is 5. The normalized spacial score (nSPS) is 31.6. The summed E-state index contributed by atoms with van der Waals surface area (Å²) < 4.78 is 0. The van der Waals surface area contributed by atoms with E-state index in [0.717, 1.165) is 6.42 Å². The maximum atomic E-state index is 12.2. The molecular formula is C14H21NO3. The SMILES string of the molecule is O=C(O)[C@@H]1CC[C@H](C(=O)NC(C2CC2)C2CC2)C1. The molecule has 0 radical (unpaired) electrons.